The van der Waals surface area contributed by atoms with Gasteiger partial charge < -0.3 is 15.4 Å². The van der Waals surface area contributed by atoms with Crippen LogP contribution in [0, 0.1) is 5.82 Å². The summed E-state index contributed by atoms with van der Waals surface area (Å²) in [7, 11) is 0. The second kappa shape index (κ2) is 6.98. The van der Waals surface area contributed by atoms with Crippen LogP contribution < -0.4 is 15.4 Å². The lowest BCUT2D eigenvalue weighted by Crippen LogP contribution is -2.46. The largest absolute Gasteiger partial charge is 0.488 e. The Morgan fingerprint density at radius 1 is 1.24 bits per heavy atom. The molecule has 1 saturated heterocycles. The van der Waals surface area contributed by atoms with Gasteiger partial charge in [-0.05, 0) is 26.8 Å². The molecule has 1 aliphatic rings. The predicted molar refractivity (Wildman–Crippen MR) is 85.5 cm³/mol. The Balaban J connectivity index is 2.12. The molecule has 0 radical (unpaired) electrons. The Morgan fingerprint density at radius 2 is 1.90 bits per heavy atom. The highest BCUT2D eigenvalue weighted by atomic mass is 19.1. The quantitative estimate of drug-likeness (QED) is 0.848. The molecule has 0 spiro atoms. The first-order valence-corrected chi connectivity index (χ1v) is 7.74. The van der Waals surface area contributed by atoms with Crippen LogP contribution in [0.1, 0.15) is 27.2 Å². The van der Waals surface area contributed by atoms with Crippen LogP contribution >= 0.6 is 0 Å². The highest BCUT2D eigenvalue weighted by Gasteiger charge is 2.20. The lowest BCUT2D eigenvalue weighted by atomic mass is 10.2. The monoisotopic (exact) mass is 295 g/mol. The van der Waals surface area contributed by atoms with Crippen molar-refractivity contribution in [1.82, 2.24) is 4.90 Å². The average Bonchev–Trinajstić information content (AvgIpc) is 2.43. The molecule has 1 aromatic rings. The average molecular weight is 295 g/mol. The number of benzene rings is 1. The first-order valence-electron chi connectivity index (χ1n) is 7.74. The molecular weight excluding hydrogens is 269 g/mol. The molecule has 4 nitrogen and oxygen atoms in total. The molecule has 0 amide bonds. The van der Waals surface area contributed by atoms with Crippen LogP contribution in [0.3, 0.4) is 0 Å². The van der Waals surface area contributed by atoms with E-state index in [0.29, 0.717) is 5.69 Å². The molecular formula is C16H26FN3O. The maximum atomic E-state index is 13.9. The van der Waals surface area contributed by atoms with E-state index in [0.717, 1.165) is 38.4 Å². The number of nitrogens with zero attached hydrogens (tertiary/aromatic N) is 2. The molecule has 0 atom stereocenters. The number of nitrogens with two attached hydrogens (primary N) is 1. The van der Waals surface area contributed by atoms with Gasteiger partial charge in [-0.3, -0.25) is 4.90 Å². The van der Waals surface area contributed by atoms with Gasteiger partial charge in [0, 0.05) is 38.3 Å². The molecule has 0 aliphatic carbocycles. The third-order valence-electron chi connectivity index (χ3n) is 3.70. The van der Waals surface area contributed by atoms with E-state index in [1.54, 1.807) is 6.07 Å². The second-order valence-corrected chi connectivity index (χ2v) is 5.84. The molecule has 1 aromatic carbocycles. The zero-order valence-corrected chi connectivity index (χ0v) is 13.2. The summed E-state index contributed by atoms with van der Waals surface area (Å²) >= 11 is 0. The maximum Gasteiger partial charge on any atom is 0.167 e. The maximum absolute atomic E-state index is 13.9. The Morgan fingerprint density at radius 3 is 2.48 bits per heavy atom. The summed E-state index contributed by atoms with van der Waals surface area (Å²) in [6.45, 7) is 11.0. The van der Waals surface area contributed by atoms with Gasteiger partial charge in [0.2, 0.25) is 0 Å². The molecule has 0 saturated carbocycles. The smallest absolute Gasteiger partial charge is 0.167 e. The molecule has 1 fully saturated rings. The van der Waals surface area contributed by atoms with E-state index in [2.05, 4.69) is 16.7 Å². The van der Waals surface area contributed by atoms with E-state index in [1.165, 1.54) is 12.5 Å². The van der Waals surface area contributed by atoms with Crippen LogP contribution in [0.2, 0.25) is 0 Å². The van der Waals surface area contributed by atoms with Gasteiger partial charge >= 0.3 is 0 Å². The third-order valence-corrected chi connectivity index (χ3v) is 3.70. The standard InChI is InChI=1S/C16H26FN3O/c1-4-5-19-6-8-20(9-7-19)15-11-16(21-12(2)3)13(17)10-14(15)18/h10-12H,4-9,18H2,1-3H3. The van der Waals surface area contributed by atoms with Crippen molar-refractivity contribution in [1.29, 1.82) is 0 Å². The summed E-state index contributed by atoms with van der Waals surface area (Å²) < 4.78 is 19.4. The van der Waals surface area contributed by atoms with Gasteiger partial charge in [0.05, 0.1) is 17.5 Å². The first-order chi connectivity index (χ1) is 10.0. The lowest BCUT2D eigenvalue weighted by molar-refractivity contribution is 0.231. The van der Waals surface area contributed by atoms with Crippen molar-refractivity contribution >= 4 is 11.4 Å². The van der Waals surface area contributed by atoms with Crippen molar-refractivity contribution in [3.63, 3.8) is 0 Å². The van der Waals surface area contributed by atoms with Crippen LogP contribution in [0.4, 0.5) is 15.8 Å². The SMILES string of the molecule is CCCN1CCN(c2cc(OC(C)C)c(F)cc2N)CC1. The van der Waals surface area contributed by atoms with Gasteiger partial charge in [-0.1, -0.05) is 6.92 Å². The van der Waals surface area contributed by atoms with E-state index < -0.39 is 5.82 Å². The van der Waals surface area contributed by atoms with Crippen LogP contribution in [0.5, 0.6) is 5.75 Å². The number of nitrogen functional groups attached to an aromatic ring is 1. The van der Waals surface area contributed by atoms with Crippen molar-refractivity contribution in [2.24, 2.45) is 0 Å². The summed E-state index contributed by atoms with van der Waals surface area (Å²) in [4.78, 5) is 4.66. The summed E-state index contributed by atoms with van der Waals surface area (Å²) in [6.07, 6.45) is 1.11. The molecule has 2 rings (SSSR count). The first kappa shape index (κ1) is 15.9. The number of halogens is 1. The molecule has 0 unspecified atom stereocenters. The Kier molecular flexibility index (Phi) is 5.28. The molecule has 21 heavy (non-hydrogen) atoms. The predicted octanol–water partition coefficient (Wildman–Crippen LogP) is 2.73. The van der Waals surface area contributed by atoms with Crippen LogP contribution in [-0.4, -0.2) is 43.7 Å². The molecule has 0 bridgehead atoms. The topological polar surface area (TPSA) is 41.7 Å². The highest BCUT2D eigenvalue weighted by Crippen LogP contribution is 2.32. The van der Waals surface area contributed by atoms with Crippen LogP contribution in [0.25, 0.3) is 0 Å². The van der Waals surface area contributed by atoms with E-state index >= 15 is 0 Å². The van der Waals surface area contributed by atoms with Gasteiger partial charge in [-0.15, -0.1) is 0 Å². The summed E-state index contributed by atoms with van der Waals surface area (Å²) in [6, 6.07) is 3.10. The fraction of sp³-hybridized carbons (Fsp3) is 0.625. The normalized spacial score (nSPS) is 16.5. The minimum Gasteiger partial charge on any atom is -0.488 e. The Hall–Kier alpha value is -1.49. The van der Waals surface area contributed by atoms with Gasteiger partial charge in [-0.25, -0.2) is 4.39 Å². The molecule has 1 aliphatic heterocycles. The van der Waals surface area contributed by atoms with Gasteiger partial charge in [0.1, 0.15) is 0 Å². The second-order valence-electron chi connectivity index (χ2n) is 5.84. The molecule has 1 heterocycles. The van der Waals surface area contributed by atoms with Crippen molar-refractivity contribution in [2.45, 2.75) is 33.3 Å². The van der Waals surface area contributed by atoms with Crippen molar-refractivity contribution in [3.05, 3.63) is 17.9 Å². The van der Waals surface area contributed by atoms with E-state index in [-0.39, 0.29) is 11.9 Å². The third kappa shape index (κ3) is 4.00. The Bertz CT molecular complexity index is 471. The van der Waals surface area contributed by atoms with Gasteiger partial charge in [0.25, 0.3) is 0 Å². The molecule has 5 heteroatoms. The van der Waals surface area contributed by atoms with E-state index in [9.17, 15) is 4.39 Å². The fourth-order valence-electron chi connectivity index (χ4n) is 2.70. The minimum atomic E-state index is -0.394. The lowest BCUT2D eigenvalue weighted by Gasteiger charge is -2.36. The fourth-order valence-corrected chi connectivity index (χ4v) is 2.70. The minimum absolute atomic E-state index is 0.0580. The number of ether oxygens (including phenoxy) is 1. The van der Waals surface area contributed by atoms with Crippen LogP contribution in [-0.2, 0) is 0 Å². The van der Waals surface area contributed by atoms with Gasteiger partial charge in [0.15, 0.2) is 11.6 Å². The number of hydrogen-bond acceptors (Lipinski definition) is 4. The molecule has 2 N–H and O–H groups in total. The van der Waals surface area contributed by atoms with Crippen molar-refractivity contribution in [3.8, 4) is 5.75 Å². The van der Waals surface area contributed by atoms with Crippen LogP contribution in [0.15, 0.2) is 12.1 Å². The Labute approximate surface area is 126 Å². The zero-order valence-electron chi connectivity index (χ0n) is 13.2. The number of rotatable bonds is 5. The summed E-state index contributed by atoms with van der Waals surface area (Å²) in [5.74, 6) is -0.111. The number of piperazine rings is 1. The molecule has 118 valence electrons. The van der Waals surface area contributed by atoms with Gasteiger partial charge in [-0.2, -0.15) is 0 Å². The van der Waals surface area contributed by atoms with E-state index in [4.69, 9.17) is 10.5 Å². The van der Waals surface area contributed by atoms with Crippen molar-refractivity contribution in [2.75, 3.05) is 43.4 Å². The highest BCUT2D eigenvalue weighted by molar-refractivity contribution is 5.70. The number of hydrogen-bond donors (Lipinski definition) is 1. The van der Waals surface area contributed by atoms with E-state index in [1.807, 2.05) is 13.8 Å². The zero-order chi connectivity index (χ0) is 15.4. The van der Waals surface area contributed by atoms with Crippen molar-refractivity contribution < 1.29 is 9.13 Å². The summed E-state index contributed by atoms with van der Waals surface area (Å²) in [5.41, 5.74) is 7.35. The summed E-state index contributed by atoms with van der Waals surface area (Å²) in [5, 5.41) is 0. The molecule has 0 aromatic heterocycles. The number of anilines is 2.